The zero-order valence-electron chi connectivity index (χ0n) is 6.74. The second-order valence-corrected chi connectivity index (χ2v) is 2.45. The minimum absolute atomic E-state index is 2.99. The van der Waals surface area contributed by atoms with Crippen LogP contribution in [-0.2, 0) is 9.59 Å². The SMILES string of the molecule is NC(=O)C(F)(F)C(F)(F)C(F)(F)C(N)=O. The minimum Gasteiger partial charge on any atom is -0.364 e. The van der Waals surface area contributed by atoms with Gasteiger partial charge in [0, 0.05) is 0 Å². The van der Waals surface area contributed by atoms with E-state index in [1.807, 2.05) is 0 Å². The number of carbonyl (C=O) groups excluding carboxylic acids is 2. The van der Waals surface area contributed by atoms with Gasteiger partial charge in [0.15, 0.2) is 0 Å². The van der Waals surface area contributed by atoms with Crippen molar-refractivity contribution in [3.05, 3.63) is 0 Å². The highest BCUT2D eigenvalue weighted by Gasteiger charge is 2.77. The van der Waals surface area contributed by atoms with Crippen LogP contribution in [0, 0.1) is 0 Å². The van der Waals surface area contributed by atoms with Crippen molar-refractivity contribution < 1.29 is 35.9 Å². The van der Waals surface area contributed by atoms with Gasteiger partial charge < -0.3 is 11.5 Å². The third-order valence-electron chi connectivity index (χ3n) is 1.41. The molecule has 15 heavy (non-hydrogen) atoms. The smallest absolute Gasteiger partial charge is 0.364 e. The van der Waals surface area contributed by atoms with Gasteiger partial charge in [-0.2, -0.15) is 26.3 Å². The van der Waals surface area contributed by atoms with Gasteiger partial charge in [-0.3, -0.25) is 9.59 Å². The van der Waals surface area contributed by atoms with Crippen LogP contribution in [-0.4, -0.2) is 29.6 Å². The Hall–Kier alpha value is -1.48. The van der Waals surface area contributed by atoms with E-state index in [2.05, 4.69) is 11.5 Å². The topological polar surface area (TPSA) is 86.2 Å². The fraction of sp³-hybridized carbons (Fsp3) is 0.600. The lowest BCUT2D eigenvalue weighted by molar-refractivity contribution is -0.285. The van der Waals surface area contributed by atoms with E-state index in [4.69, 9.17) is 0 Å². The zero-order chi connectivity index (χ0) is 12.7. The molecule has 0 aromatic rings. The zero-order valence-corrected chi connectivity index (χ0v) is 6.74. The number of rotatable bonds is 4. The molecule has 0 aromatic carbocycles. The second-order valence-electron chi connectivity index (χ2n) is 2.45. The van der Waals surface area contributed by atoms with E-state index in [1.54, 1.807) is 0 Å². The molecular weight excluding hydrogens is 234 g/mol. The van der Waals surface area contributed by atoms with E-state index < -0.39 is 29.6 Å². The van der Waals surface area contributed by atoms with Crippen molar-refractivity contribution in [2.24, 2.45) is 11.5 Å². The van der Waals surface area contributed by atoms with Crippen molar-refractivity contribution in [3.63, 3.8) is 0 Å². The molecule has 4 N–H and O–H groups in total. The lowest BCUT2D eigenvalue weighted by Gasteiger charge is -2.28. The van der Waals surface area contributed by atoms with Gasteiger partial charge in [0.1, 0.15) is 0 Å². The molecule has 0 radical (unpaired) electrons. The number of halogens is 6. The summed E-state index contributed by atoms with van der Waals surface area (Å²) in [5.41, 5.74) is 7.60. The summed E-state index contributed by atoms with van der Waals surface area (Å²) in [7, 11) is 0. The van der Waals surface area contributed by atoms with Gasteiger partial charge in [0.25, 0.3) is 11.8 Å². The van der Waals surface area contributed by atoms with Crippen molar-refractivity contribution in [2.45, 2.75) is 17.8 Å². The highest BCUT2D eigenvalue weighted by Crippen LogP contribution is 2.45. The van der Waals surface area contributed by atoms with Gasteiger partial charge in [-0.1, -0.05) is 0 Å². The van der Waals surface area contributed by atoms with Crippen molar-refractivity contribution in [2.75, 3.05) is 0 Å². The van der Waals surface area contributed by atoms with Gasteiger partial charge in [0.2, 0.25) is 0 Å². The van der Waals surface area contributed by atoms with E-state index in [-0.39, 0.29) is 0 Å². The molecule has 0 saturated heterocycles. The molecule has 0 spiro atoms. The Morgan fingerprint density at radius 1 is 0.733 bits per heavy atom. The summed E-state index contributed by atoms with van der Waals surface area (Å²) in [6.45, 7) is 0. The van der Waals surface area contributed by atoms with Gasteiger partial charge in [-0.25, -0.2) is 0 Å². The first-order valence-electron chi connectivity index (χ1n) is 3.12. The van der Waals surface area contributed by atoms with E-state index in [1.165, 1.54) is 0 Å². The first-order chi connectivity index (χ1) is 6.39. The van der Waals surface area contributed by atoms with E-state index in [9.17, 15) is 35.9 Å². The van der Waals surface area contributed by atoms with Crippen LogP contribution in [0.4, 0.5) is 26.3 Å². The summed E-state index contributed by atoms with van der Waals surface area (Å²) in [6.07, 6.45) is 0. The maximum absolute atomic E-state index is 12.4. The maximum atomic E-state index is 12.4. The molecule has 4 nitrogen and oxygen atoms in total. The lowest BCUT2D eigenvalue weighted by Crippen LogP contribution is -2.63. The Balaban J connectivity index is 5.50. The normalized spacial score (nSPS) is 13.7. The first-order valence-corrected chi connectivity index (χ1v) is 3.12. The number of nitrogens with two attached hydrogens (primary N) is 2. The van der Waals surface area contributed by atoms with Crippen LogP contribution >= 0.6 is 0 Å². The molecule has 0 heterocycles. The van der Waals surface area contributed by atoms with Gasteiger partial charge in [0.05, 0.1) is 0 Å². The Morgan fingerprint density at radius 2 is 0.933 bits per heavy atom. The number of primary amides is 2. The van der Waals surface area contributed by atoms with Crippen molar-refractivity contribution in [1.29, 1.82) is 0 Å². The predicted octanol–water partition coefficient (Wildman–Crippen LogP) is -0.137. The number of hydrogen-bond acceptors (Lipinski definition) is 2. The molecule has 0 rings (SSSR count). The third kappa shape index (κ3) is 1.70. The summed E-state index contributed by atoms with van der Waals surface area (Å²) in [6, 6.07) is 0. The lowest BCUT2D eigenvalue weighted by atomic mass is 10.0. The molecule has 0 saturated carbocycles. The first kappa shape index (κ1) is 13.5. The van der Waals surface area contributed by atoms with Crippen LogP contribution in [0.15, 0.2) is 0 Å². The molecular formula is C5H4F6N2O2. The molecule has 0 aliphatic carbocycles. The van der Waals surface area contributed by atoms with E-state index in [0.717, 1.165) is 0 Å². The summed E-state index contributed by atoms with van der Waals surface area (Å²) in [5, 5.41) is 0. The molecule has 0 bridgehead atoms. The molecule has 0 aliphatic heterocycles. The Labute approximate surface area is 78.2 Å². The number of alkyl halides is 6. The molecule has 88 valence electrons. The van der Waals surface area contributed by atoms with Gasteiger partial charge in [-0.15, -0.1) is 0 Å². The van der Waals surface area contributed by atoms with Crippen LogP contribution in [0.1, 0.15) is 0 Å². The average Bonchev–Trinajstić information content (AvgIpc) is 2.02. The van der Waals surface area contributed by atoms with Crippen LogP contribution in [0.5, 0.6) is 0 Å². The third-order valence-corrected chi connectivity index (χ3v) is 1.41. The maximum Gasteiger partial charge on any atom is 0.392 e. The van der Waals surface area contributed by atoms with Crippen LogP contribution in [0.3, 0.4) is 0 Å². The Kier molecular flexibility index (Phi) is 2.95. The fourth-order valence-corrected chi connectivity index (χ4v) is 0.507. The molecule has 0 atom stereocenters. The molecule has 0 aliphatic rings. The molecule has 0 aromatic heterocycles. The molecule has 0 fully saturated rings. The van der Waals surface area contributed by atoms with Gasteiger partial charge in [-0.05, 0) is 0 Å². The number of carbonyl (C=O) groups is 2. The average molecular weight is 238 g/mol. The van der Waals surface area contributed by atoms with Crippen LogP contribution < -0.4 is 11.5 Å². The van der Waals surface area contributed by atoms with Crippen LogP contribution in [0.2, 0.25) is 0 Å². The highest BCUT2D eigenvalue weighted by molar-refractivity contribution is 5.88. The molecule has 10 heteroatoms. The van der Waals surface area contributed by atoms with Crippen molar-refractivity contribution in [1.82, 2.24) is 0 Å². The Bertz CT molecular complexity index is 274. The summed E-state index contributed by atoms with van der Waals surface area (Å²) in [4.78, 5) is 19.7. The van der Waals surface area contributed by atoms with Crippen LogP contribution in [0.25, 0.3) is 0 Å². The van der Waals surface area contributed by atoms with E-state index >= 15 is 0 Å². The summed E-state index contributed by atoms with van der Waals surface area (Å²) < 4.78 is 73.8. The minimum atomic E-state index is -6.28. The van der Waals surface area contributed by atoms with Crippen molar-refractivity contribution in [3.8, 4) is 0 Å². The van der Waals surface area contributed by atoms with Gasteiger partial charge >= 0.3 is 17.8 Å². The summed E-state index contributed by atoms with van der Waals surface area (Å²) in [5.74, 6) is -24.0. The quantitative estimate of drug-likeness (QED) is 0.668. The van der Waals surface area contributed by atoms with Crippen molar-refractivity contribution >= 4 is 11.8 Å². The fourth-order valence-electron chi connectivity index (χ4n) is 0.507. The second kappa shape index (κ2) is 3.28. The highest BCUT2D eigenvalue weighted by atomic mass is 19.3. The van der Waals surface area contributed by atoms with E-state index in [0.29, 0.717) is 0 Å². The monoisotopic (exact) mass is 238 g/mol. The largest absolute Gasteiger partial charge is 0.392 e. The summed E-state index contributed by atoms with van der Waals surface area (Å²) >= 11 is 0. The number of amides is 2. The molecule has 2 amide bonds. The standard InChI is InChI=1S/C5H4F6N2O2/c6-3(7,1(12)14)5(10,11)4(8,9)2(13)15/h(H2,12,14)(H2,13,15). The number of hydrogen-bond donors (Lipinski definition) is 2. The molecule has 0 unspecified atom stereocenters. The predicted molar refractivity (Wildman–Crippen MR) is 33.2 cm³/mol. The Morgan fingerprint density at radius 3 is 1.07 bits per heavy atom.